The Morgan fingerprint density at radius 3 is 2.17 bits per heavy atom. The number of fused-ring (bicyclic) bond motifs is 1. The number of hydrogen-bond acceptors (Lipinski definition) is 3. The lowest BCUT2D eigenvalue weighted by molar-refractivity contribution is -0.154. The fourth-order valence-electron chi connectivity index (χ4n) is 4.40. The van der Waals surface area contributed by atoms with E-state index in [1.165, 1.54) is 12.7 Å². The molecular weight excluding hydrogens is 370 g/mol. The Hall–Kier alpha value is -3.33. The van der Waals surface area contributed by atoms with Crippen LogP contribution >= 0.6 is 0 Å². The summed E-state index contributed by atoms with van der Waals surface area (Å²) in [4.78, 5) is 15.3. The molecule has 1 aliphatic heterocycles. The number of esters is 1. The maximum absolute atomic E-state index is 12.9. The van der Waals surface area contributed by atoms with Gasteiger partial charge < -0.3 is 9.64 Å². The standard InChI is InChI=1S/C27H27NO2/c1-27(2,26(29)30-3)25-23-17-11-10-16-22(23)18-24(21-14-8-5-9-15-21)28(25)19-20-12-6-4-7-13-20/h4-18,25H,19H2,1-3H3. The first-order valence-corrected chi connectivity index (χ1v) is 10.3. The molecule has 3 aromatic rings. The van der Waals surface area contributed by atoms with E-state index < -0.39 is 5.41 Å². The highest BCUT2D eigenvalue weighted by atomic mass is 16.5. The molecule has 0 bridgehead atoms. The van der Waals surface area contributed by atoms with Gasteiger partial charge in [-0.1, -0.05) is 84.9 Å². The molecule has 30 heavy (non-hydrogen) atoms. The minimum absolute atomic E-state index is 0.165. The van der Waals surface area contributed by atoms with E-state index in [1.54, 1.807) is 0 Å². The number of nitrogens with zero attached hydrogens (tertiary/aromatic N) is 1. The van der Waals surface area contributed by atoms with Crippen molar-refractivity contribution < 1.29 is 9.53 Å². The zero-order chi connectivity index (χ0) is 21.1. The zero-order valence-corrected chi connectivity index (χ0v) is 17.7. The van der Waals surface area contributed by atoms with Gasteiger partial charge in [-0.2, -0.15) is 0 Å². The largest absolute Gasteiger partial charge is 0.469 e. The van der Waals surface area contributed by atoms with E-state index in [1.807, 2.05) is 38.1 Å². The molecule has 0 saturated carbocycles. The molecule has 0 amide bonds. The molecule has 1 atom stereocenters. The molecule has 3 nitrogen and oxygen atoms in total. The molecule has 0 aliphatic carbocycles. The number of benzene rings is 3. The molecule has 3 aromatic carbocycles. The van der Waals surface area contributed by atoms with Crippen molar-refractivity contribution in [3.63, 3.8) is 0 Å². The second kappa shape index (κ2) is 8.19. The first kappa shape index (κ1) is 20.0. The number of rotatable bonds is 5. The summed E-state index contributed by atoms with van der Waals surface area (Å²) in [5.74, 6) is -0.213. The zero-order valence-electron chi connectivity index (χ0n) is 17.7. The van der Waals surface area contributed by atoms with E-state index >= 15 is 0 Å². The van der Waals surface area contributed by atoms with Crippen molar-refractivity contribution in [2.75, 3.05) is 7.11 Å². The van der Waals surface area contributed by atoms with Gasteiger partial charge in [-0.15, -0.1) is 0 Å². The van der Waals surface area contributed by atoms with Crippen LogP contribution in [0.5, 0.6) is 0 Å². The summed E-state index contributed by atoms with van der Waals surface area (Å²) in [5, 5.41) is 0. The highest BCUT2D eigenvalue weighted by Crippen LogP contribution is 2.48. The van der Waals surface area contributed by atoms with Crippen molar-refractivity contribution in [3.8, 4) is 0 Å². The number of carbonyl (C=O) groups is 1. The SMILES string of the molecule is COC(=O)C(C)(C)C1c2ccccc2C=C(c2ccccc2)N1Cc1ccccc1. The topological polar surface area (TPSA) is 29.5 Å². The maximum Gasteiger partial charge on any atom is 0.313 e. The fourth-order valence-corrected chi connectivity index (χ4v) is 4.40. The molecule has 0 spiro atoms. The van der Waals surface area contributed by atoms with E-state index in [9.17, 15) is 4.79 Å². The molecule has 1 heterocycles. The van der Waals surface area contributed by atoms with E-state index in [0.29, 0.717) is 6.54 Å². The molecule has 4 rings (SSSR count). The third-order valence-corrected chi connectivity index (χ3v) is 5.86. The monoisotopic (exact) mass is 397 g/mol. The van der Waals surface area contributed by atoms with E-state index in [2.05, 4.69) is 71.6 Å². The van der Waals surface area contributed by atoms with Crippen molar-refractivity contribution in [2.45, 2.75) is 26.4 Å². The molecule has 1 unspecified atom stereocenters. The Morgan fingerprint density at radius 1 is 0.900 bits per heavy atom. The Balaban J connectivity index is 1.92. The Kier molecular flexibility index (Phi) is 5.45. The predicted molar refractivity (Wildman–Crippen MR) is 121 cm³/mol. The minimum Gasteiger partial charge on any atom is -0.469 e. The molecule has 0 fully saturated rings. The van der Waals surface area contributed by atoms with Gasteiger partial charge in [0, 0.05) is 12.2 Å². The highest BCUT2D eigenvalue weighted by molar-refractivity contribution is 5.86. The third kappa shape index (κ3) is 3.63. The van der Waals surface area contributed by atoms with Gasteiger partial charge in [0.1, 0.15) is 0 Å². The Bertz CT molecular complexity index is 1050. The van der Waals surface area contributed by atoms with Crippen LogP contribution in [0, 0.1) is 5.41 Å². The number of ether oxygens (including phenoxy) is 1. The first-order valence-electron chi connectivity index (χ1n) is 10.3. The second-order valence-corrected chi connectivity index (χ2v) is 8.25. The first-order chi connectivity index (χ1) is 14.5. The molecular formula is C27H27NO2. The highest BCUT2D eigenvalue weighted by Gasteiger charge is 2.45. The van der Waals surface area contributed by atoms with Crippen molar-refractivity contribution in [3.05, 3.63) is 107 Å². The molecule has 1 aliphatic rings. The van der Waals surface area contributed by atoms with Gasteiger partial charge in [0.05, 0.1) is 18.6 Å². The lowest BCUT2D eigenvalue weighted by atomic mass is 9.75. The Morgan fingerprint density at radius 2 is 1.50 bits per heavy atom. The molecule has 0 saturated heterocycles. The molecule has 3 heteroatoms. The lowest BCUT2D eigenvalue weighted by Gasteiger charge is -2.46. The van der Waals surface area contributed by atoms with Gasteiger partial charge >= 0.3 is 5.97 Å². The number of hydrogen-bond donors (Lipinski definition) is 0. The van der Waals surface area contributed by atoms with Crippen LogP contribution in [0.15, 0.2) is 84.9 Å². The summed E-state index contributed by atoms with van der Waals surface area (Å²) in [5.41, 5.74) is 4.98. The Labute approximate surface area is 178 Å². The van der Waals surface area contributed by atoms with Gasteiger partial charge in [-0.25, -0.2) is 0 Å². The van der Waals surface area contributed by atoms with Crippen LogP contribution in [0.1, 0.15) is 42.1 Å². The summed E-state index contributed by atoms with van der Waals surface area (Å²) in [7, 11) is 1.47. The van der Waals surface area contributed by atoms with Crippen molar-refractivity contribution >= 4 is 17.7 Å². The van der Waals surface area contributed by atoms with Crippen LogP contribution in [0.4, 0.5) is 0 Å². The van der Waals surface area contributed by atoms with Crippen molar-refractivity contribution in [1.29, 1.82) is 0 Å². The van der Waals surface area contributed by atoms with Crippen LogP contribution in [-0.2, 0) is 16.1 Å². The van der Waals surface area contributed by atoms with E-state index in [0.717, 1.165) is 22.4 Å². The van der Waals surface area contributed by atoms with E-state index in [-0.39, 0.29) is 12.0 Å². The van der Waals surface area contributed by atoms with Crippen molar-refractivity contribution in [2.24, 2.45) is 5.41 Å². The average molecular weight is 398 g/mol. The lowest BCUT2D eigenvalue weighted by Crippen LogP contribution is -2.43. The van der Waals surface area contributed by atoms with Crippen LogP contribution < -0.4 is 0 Å². The average Bonchev–Trinajstić information content (AvgIpc) is 2.79. The van der Waals surface area contributed by atoms with Crippen molar-refractivity contribution in [1.82, 2.24) is 4.90 Å². The second-order valence-electron chi connectivity index (χ2n) is 8.25. The van der Waals surface area contributed by atoms with Gasteiger partial charge in [-0.3, -0.25) is 4.79 Å². The number of methoxy groups -OCH3 is 1. The third-order valence-electron chi connectivity index (χ3n) is 5.86. The molecule has 0 radical (unpaired) electrons. The summed E-state index contributed by atoms with van der Waals surface area (Å²) in [6.45, 7) is 4.65. The number of carbonyl (C=O) groups excluding carboxylic acids is 1. The summed E-state index contributed by atoms with van der Waals surface area (Å²) >= 11 is 0. The van der Waals surface area contributed by atoms with Gasteiger partial charge in [0.15, 0.2) is 0 Å². The molecule has 0 aromatic heterocycles. The van der Waals surface area contributed by atoms with E-state index in [4.69, 9.17) is 4.74 Å². The summed E-state index contributed by atoms with van der Waals surface area (Å²) in [6, 6.07) is 29.0. The van der Waals surface area contributed by atoms with Gasteiger partial charge in [0.2, 0.25) is 0 Å². The smallest absolute Gasteiger partial charge is 0.313 e. The van der Waals surface area contributed by atoms with Crippen LogP contribution in [0.2, 0.25) is 0 Å². The van der Waals surface area contributed by atoms with Crippen LogP contribution in [0.25, 0.3) is 11.8 Å². The molecule has 152 valence electrons. The van der Waals surface area contributed by atoms with Gasteiger partial charge in [0.25, 0.3) is 0 Å². The van der Waals surface area contributed by atoms with Gasteiger partial charge in [-0.05, 0) is 42.2 Å². The fraction of sp³-hybridized carbons (Fsp3) is 0.222. The summed E-state index contributed by atoms with van der Waals surface area (Å²) in [6.07, 6.45) is 2.23. The quantitative estimate of drug-likeness (QED) is 0.499. The van der Waals surface area contributed by atoms with Crippen LogP contribution in [-0.4, -0.2) is 18.0 Å². The summed E-state index contributed by atoms with van der Waals surface area (Å²) < 4.78 is 5.24. The normalized spacial score (nSPS) is 15.9. The predicted octanol–water partition coefficient (Wildman–Crippen LogP) is 5.94. The molecule has 0 N–H and O–H groups in total. The minimum atomic E-state index is -0.742. The maximum atomic E-state index is 12.9. The van der Waals surface area contributed by atoms with Crippen LogP contribution in [0.3, 0.4) is 0 Å².